The number of esters is 2. The predicted molar refractivity (Wildman–Crippen MR) is 75.7 cm³/mol. The summed E-state index contributed by atoms with van der Waals surface area (Å²) in [6, 6.07) is 8.07. The minimum Gasteiger partial charge on any atom is -0.389 e. The molecule has 1 aromatic heterocycles. The van der Waals surface area contributed by atoms with E-state index in [1.165, 1.54) is 12.1 Å². The van der Waals surface area contributed by atoms with Crippen LogP contribution in [0.3, 0.4) is 0 Å². The van der Waals surface area contributed by atoms with Gasteiger partial charge in [-0.1, -0.05) is 11.6 Å². The average Bonchev–Trinajstić information content (AvgIpc) is 2.68. The fraction of sp³-hybridized carbons (Fsp3) is 0.200. The molecule has 1 aromatic carbocycles. The van der Waals surface area contributed by atoms with Crippen molar-refractivity contribution in [3.63, 3.8) is 0 Å². The van der Waals surface area contributed by atoms with E-state index in [1.807, 2.05) is 30.8 Å². The topological polar surface area (TPSA) is 48.3 Å². The molecule has 0 amide bonds. The number of rotatable bonds is 3. The third-order valence-electron chi connectivity index (χ3n) is 2.86. The molecule has 0 saturated carbocycles. The summed E-state index contributed by atoms with van der Waals surface area (Å²) in [5, 5.41) is 0.521. The molecule has 0 aliphatic heterocycles. The highest BCUT2D eigenvalue weighted by Crippen LogP contribution is 2.12. The smallest absolute Gasteiger partial charge is 0.345 e. The first-order valence-corrected chi connectivity index (χ1v) is 6.46. The Balaban J connectivity index is 1.99. The molecule has 0 saturated heterocycles. The van der Waals surface area contributed by atoms with Crippen molar-refractivity contribution in [2.45, 2.75) is 13.3 Å². The highest BCUT2D eigenvalue weighted by atomic mass is 35.5. The molecule has 0 aliphatic rings. The van der Waals surface area contributed by atoms with Gasteiger partial charge in [0.05, 0.1) is 12.0 Å². The number of carbonyl (C=O) groups is 2. The lowest BCUT2D eigenvalue weighted by Crippen LogP contribution is -2.15. The number of ether oxygens (including phenoxy) is 1. The number of nitrogens with zero attached hydrogens (tertiary/aromatic N) is 1. The lowest BCUT2D eigenvalue weighted by atomic mass is 10.2. The van der Waals surface area contributed by atoms with Gasteiger partial charge in [-0.15, -0.1) is 0 Å². The van der Waals surface area contributed by atoms with Crippen molar-refractivity contribution in [3.05, 3.63) is 58.4 Å². The molecule has 0 fully saturated rings. The highest BCUT2D eigenvalue weighted by molar-refractivity contribution is 6.30. The fourth-order valence-corrected chi connectivity index (χ4v) is 2.02. The molecule has 0 atom stereocenters. The third-order valence-corrected chi connectivity index (χ3v) is 3.11. The van der Waals surface area contributed by atoms with Gasteiger partial charge < -0.3 is 9.30 Å². The summed E-state index contributed by atoms with van der Waals surface area (Å²) in [6.45, 7) is 1.94. The minimum atomic E-state index is -0.669. The third kappa shape index (κ3) is 3.48. The quantitative estimate of drug-likeness (QED) is 0.645. The summed E-state index contributed by atoms with van der Waals surface area (Å²) in [5.74, 6) is -1.25. The van der Waals surface area contributed by atoms with E-state index in [0.717, 1.165) is 11.3 Å². The molecule has 0 unspecified atom stereocenters. The van der Waals surface area contributed by atoms with E-state index in [-0.39, 0.29) is 6.42 Å². The van der Waals surface area contributed by atoms with Gasteiger partial charge in [0.15, 0.2) is 0 Å². The Morgan fingerprint density at radius 2 is 1.90 bits per heavy atom. The first-order chi connectivity index (χ1) is 9.45. The van der Waals surface area contributed by atoms with Gasteiger partial charge in [0.2, 0.25) is 0 Å². The van der Waals surface area contributed by atoms with Crippen LogP contribution in [0.1, 0.15) is 21.6 Å². The zero-order valence-corrected chi connectivity index (χ0v) is 12.0. The summed E-state index contributed by atoms with van der Waals surface area (Å²) in [4.78, 5) is 23.5. The molecule has 2 rings (SSSR count). The molecule has 0 spiro atoms. The Labute approximate surface area is 121 Å². The van der Waals surface area contributed by atoms with Gasteiger partial charge >= 0.3 is 11.9 Å². The molecule has 2 aromatic rings. The number of benzene rings is 1. The Morgan fingerprint density at radius 1 is 1.25 bits per heavy atom. The maximum atomic E-state index is 11.8. The zero-order valence-electron chi connectivity index (χ0n) is 11.2. The number of aryl methyl sites for hydroxylation is 2. The van der Waals surface area contributed by atoms with Gasteiger partial charge in [-0.2, -0.15) is 0 Å². The van der Waals surface area contributed by atoms with Crippen LogP contribution in [0, 0.1) is 6.92 Å². The van der Waals surface area contributed by atoms with Crippen LogP contribution < -0.4 is 0 Å². The lowest BCUT2D eigenvalue weighted by Gasteiger charge is -2.04. The maximum absolute atomic E-state index is 11.8. The molecule has 4 nitrogen and oxygen atoms in total. The van der Waals surface area contributed by atoms with Gasteiger partial charge in [-0.25, -0.2) is 4.79 Å². The summed E-state index contributed by atoms with van der Waals surface area (Å²) in [7, 11) is 1.84. The zero-order chi connectivity index (χ0) is 14.7. The summed E-state index contributed by atoms with van der Waals surface area (Å²) < 4.78 is 6.65. The van der Waals surface area contributed by atoms with E-state index in [0.29, 0.717) is 10.6 Å². The number of hydrogen-bond donors (Lipinski definition) is 0. The molecule has 0 radical (unpaired) electrons. The van der Waals surface area contributed by atoms with Crippen molar-refractivity contribution >= 4 is 23.5 Å². The van der Waals surface area contributed by atoms with Crippen LogP contribution in [0.5, 0.6) is 0 Å². The van der Waals surface area contributed by atoms with Crippen LogP contribution in [0.15, 0.2) is 36.5 Å². The van der Waals surface area contributed by atoms with Crippen molar-refractivity contribution in [2.75, 3.05) is 0 Å². The molecule has 0 N–H and O–H groups in total. The van der Waals surface area contributed by atoms with E-state index < -0.39 is 11.9 Å². The predicted octanol–water partition coefficient (Wildman–Crippen LogP) is 2.91. The van der Waals surface area contributed by atoms with Gasteiger partial charge in [-0.05, 0) is 42.8 Å². The van der Waals surface area contributed by atoms with E-state index in [9.17, 15) is 9.59 Å². The largest absolute Gasteiger partial charge is 0.389 e. The Hall–Kier alpha value is -2.07. The minimum absolute atomic E-state index is 0.0592. The standard InChI is InChI=1S/C15H14ClNO3/c1-10-7-13(17(2)9-10)8-14(18)20-15(19)11-3-5-12(16)6-4-11/h3-7,9H,8H2,1-2H3. The van der Waals surface area contributed by atoms with E-state index in [2.05, 4.69) is 0 Å². The number of hydrogen-bond acceptors (Lipinski definition) is 3. The number of carbonyl (C=O) groups excluding carboxylic acids is 2. The normalized spacial score (nSPS) is 10.3. The van der Waals surface area contributed by atoms with Crippen LogP contribution in [0.4, 0.5) is 0 Å². The van der Waals surface area contributed by atoms with Gasteiger partial charge in [0.1, 0.15) is 0 Å². The van der Waals surface area contributed by atoms with Crippen LogP contribution in [0.2, 0.25) is 5.02 Å². The summed E-state index contributed by atoms with van der Waals surface area (Å²) in [6.07, 6.45) is 1.97. The molecule has 20 heavy (non-hydrogen) atoms. The Kier molecular flexibility index (Phi) is 4.25. The molecule has 0 aliphatic carbocycles. The lowest BCUT2D eigenvalue weighted by molar-refractivity contribution is -0.137. The average molecular weight is 292 g/mol. The van der Waals surface area contributed by atoms with Gasteiger partial charge in [0, 0.05) is 24.0 Å². The van der Waals surface area contributed by atoms with Crippen molar-refractivity contribution in [1.82, 2.24) is 4.57 Å². The second-order valence-electron chi connectivity index (χ2n) is 4.56. The first kappa shape index (κ1) is 14.3. The Bertz CT molecular complexity index is 644. The van der Waals surface area contributed by atoms with Crippen molar-refractivity contribution in [3.8, 4) is 0 Å². The van der Waals surface area contributed by atoms with Crippen molar-refractivity contribution in [2.24, 2.45) is 7.05 Å². The van der Waals surface area contributed by atoms with E-state index >= 15 is 0 Å². The second-order valence-corrected chi connectivity index (χ2v) is 5.00. The monoisotopic (exact) mass is 291 g/mol. The van der Waals surface area contributed by atoms with Gasteiger partial charge in [-0.3, -0.25) is 4.79 Å². The second kappa shape index (κ2) is 5.92. The highest BCUT2D eigenvalue weighted by Gasteiger charge is 2.15. The number of aromatic nitrogens is 1. The number of halogens is 1. The molecule has 0 bridgehead atoms. The Morgan fingerprint density at radius 3 is 2.45 bits per heavy atom. The molecule has 5 heteroatoms. The molecule has 1 heterocycles. The van der Waals surface area contributed by atoms with Crippen LogP contribution >= 0.6 is 11.6 Å². The van der Waals surface area contributed by atoms with Crippen molar-refractivity contribution < 1.29 is 14.3 Å². The van der Waals surface area contributed by atoms with Crippen LogP contribution in [0.25, 0.3) is 0 Å². The van der Waals surface area contributed by atoms with Crippen LogP contribution in [-0.4, -0.2) is 16.5 Å². The van der Waals surface area contributed by atoms with E-state index in [1.54, 1.807) is 12.1 Å². The summed E-state index contributed by atoms with van der Waals surface area (Å²) in [5.41, 5.74) is 2.15. The fourth-order valence-electron chi connectivity index (χ4n) is 1.90. The maximum Gasteiger partial charge on any atom is 0.345 e. The molecular weight excluding hydrogens is 278 g/mol. The van der Waals surface area contributed by atoms with Crippen molar-refractivity contribution in [1.29, 1.82) is 0 Å². The van der Waals surface area contributed by atoms with Crippen LogP contribution in [-0.2, 0) is 23.0 Å². The summed E-state index contributed by atoms with van der Waals surface area (Å²) >= 11 is 5.73. The van der Waals surface area contributed by atoms with E-state index in [4.69, 9.17) is 16.3 Å². The molecule has 104 valence electrons. The van der Waals surface area contributed by atoms with Gasteiger partial charge in [0.25, 0.3) is 0 Å². The SMILES string of the molecule is Cc1cc(CC(=O)OC(=O)c2ccc(Cl)cc2)n(C)c1. The molecular formula is C15H14ClNO3. The first-order valence-electron chi connectivity index (χ1n) is 6.08.